The summed E-state index contributed by atoms with van der Waals surface area (Å²) in [4.78, 5) is 16.7. The molecule has 1 amide bonds. The van der Waals surface area contributed by atoms with Crippen molar-refractivity contribution in [2.75, 3.05) is 0 Å². The van der Waals surface area contributed by atoms with E-state index in [4.69, 9.17) is 0 Å². The molecule has 0 saturated heterocycles. The van der Waals surface area contributed by atoms with Crippen LogP contribution in [-0.2, 0) is 6.54 Å². The maximum atomic E-state index is 12.3. The number of fused-ring (bicyclic) bond motifs is 1. The first kappa shape index (κ1) is 13.4. The number of imidazole rings is 1. The maximum Gasteiger partial charge on any atom is 0.255 e. The average molecular weight is 279 g/mol. The highest BCUT2D eigenvalue weighted by Crippen LogP contribution is 2.11. The molecule has 2 heterocycles. The van der Waals surface area contributed by atoms with E-state index in [9.17, 15) is 4.79 Å². The highest BCUT2D eigenvalue weighted by atomic mass is 16.1. The Labute approximate surface area is 123 Å². The summed E-state index contributed by atoms with van der Waals surface area (Å²) in [5.74, 6) is -0.105. The summed E-state index contributed by atoms with van der Waals surface area (Å²) in [7, 11) is 0. The van der Waals surface area contributed by atoms with Crippen molar-refractivity contribution in [3.63, 3.8) is 0 Å². The SMILES string of the molecule is Cc1ccc(CNC(=O)c2cccn3cc(C)nc23)cc1. The van der Waals surface area contributed by atoms with Gasteiger partial charge in [0.25, 0.3) is 5.91 Å². The third-order valence-electron chi connectivity index (χ3n) is 3.42. The number of benzene rings is 1. The van der Waals surface area contributed by atoms with Crippen LogP contribution in [0.15, 0.2) is 48.8 Å². The molecule has 0 bridgehead atoms. The van der Waals surface area contributed by atoms with Crippen molar-refractivity contribution in [3.05, 3.63) is 71.2 Å². The molecule has 0 spiro atoms. The minimum absolute atomic E-state index is 0.105. The van der Waals surface area contributed by atoms with Crippen molar-refractivity contribution in [1.29, 1.82) is 0 Å². The fourth-order valence-electron chi connectivity index (χ4n) is 2.30. The van der Waals surface area contributed by atoms with Crippen molar-refractivity contribution in [1.82, 2.24) is 14.7 Å². The lowest BCUT2D eigenvalue weighted by atomic mass is 10.1. The van der Waals surface area contributed by atoms with Crippen LogP contribution in [0.4, 0.5) is 0 Å². The van der Waals surface area contributed by atoms with Gasteiger partial charge in [0.2, 0.25) is 0 Å². The van der Waals surface area contributed by atoms with E-state index in [0.29, 0.717) is 17.8 Å². The van der Waals surface area contributed by atoms with E-state index in [1.165, 1.54) is 5.56 Å². The highest BCUT2D eigenvalue weighted by molar-refractivity contribution is 5.99. The molecule has 3 aromatic rings. The minimum Gasteiger partial charge on any atom is -0.348 e. The molecule has 2 aromatic heterocycles. The van der Waals surface area contributed by atoms with Crippen molar-refractivity contribution < 1.29 is 4.79 Å². The lowest BCUT2D eigenvalue weighted by Gasteiger charge is -2.06. The molecule has 4 heteroatoms. The summed E-state index contributed by atoms with van der Waals surface area (Å²) in [5.41, 5.74) is 4.48. The van der Waals surface area contributed by atoms with Gasteiger partial charge in [0, 0.05) is 18.9 Å². The Balaban J connectivity index is 1.79. The fraction of sp³-hybridized carbons (Fsp3) is 0.176. The zero-order valence-electron chi connectivity index (χ0n) is 12.1. The fourth-order valence-corrected chi connectivity index (χ4v) is 2.30. The van der Waals surface area contributed by atoms with Crippen LogP contribution in [0, 0.1) is 13.8 Å². The highest BCUT2D eigenvalue weighted by Gasteiger charge is 2.11. The Bertz CT molecular complexity index is 787. The normalized spacial score (nSPS) is 10.8. The second-order valence-corrected chi connectivity index (χ2v) is 5.20. The van der Waals surface area contributed by atoms with Gasteiger partial charge in [-0.1, -0.05) is 29.8 Å². The number of hydrogen-bond donors (Lipinski definition) is 1. The van der Waals surface area contributed by atoms with Crippen molar-refractivity contribution >= 4 is 11.6 Å². The third-order valence-corrected chi connectivity index (χ3v) is 3.42. The summed E-state index contributed by atoms with van der Waals surface area (Å²) in [5, 5.41) is 2.94. The van der Waals surface area contributed by atoms with E-state index in [0.717, 1.165) is 11.3 Å². The van der Waals surface area contributed by atoms with Gasteiger partial charge in [0.1, 0.15) is 5.65 Å². The molecule has 0 saturated carbocycles. The summed E-state index contributed by atoms with van der Waals surface area (Å²) >= 11 is 0. The van der Waals surface area contributed by atoms with Gasteiger partial charge in [-0.3, -0.25) is 4.79 Å². The average Bonchev–Trinajstić information content (AvgIpc) is 2.86. The van der Waals surface area contributed by atoms with Crippen LogP contribution in [-0.4, -0.2) is 15.3 Å². The molecule has 0 atom stereocenters. The summed E-state index contributed by atoms with van der Waals surface area (Å²) in [6.45, 7) is 4.48. The predicted octanol–water partition coefficient (Wildman–Crippen LogP) is 2.88. The summed E-state index contributed by atoms with van der Waals surface area (Å²) < 4.78 is 1.87. The molecule has 0 aliphatic rings. The van der Waals surface area contributed by atoms with Crippen LogP contribution in [0.3, 0.4) is 0 Å². The van der Waals surface area contributed by atoms with Gasteiger partial charge in [0.15, 0.2) is 0 Å². The van der Waals surface area contributed by atoms with Crippen LogP contribution in [0.2, 0.25) is 0 Å². The molecule has 0 aliphatic carbocycles. The molecule has 0 aliphatic heterocycles. The zero-order chi connectivity index (χ0) is 14.8. The first-order valence-corrected chi connectivity index (χ1v) is 6.91. The molecule has 0 radical (unpaired) electrons. The number of amides is 1. The molecule has 21 heavy (non-hydrogen) atoms. The van der Waals surface area contributed by atoms with Gasteiger partial charge in [-0.15, -0.1) is 0 Å². The molecule has 3 rings (SSSR count). The van der Waals surface area contributed by atoms with Crippen LogP contribution in [0.1, 0.15) is 27.2 Å². The number of pyridine rings is 1. The van der Waals surface area contributed by atoms with Gasteiger partial charge >= 0.3 is 0 Å². The van der Waals surface area contributed by atoms with Crippen LogP contribution >= 0.6 is 0 Å². The second kappa shape index (κ2) is 5.40. The van der Waals surface area contributed by atoms with Crippen molar-refractivity contribution in [2.45, 2.75) is 20.4 Å². The zero-order valence-corrected chi connectivity index (χ0v) is 12.1. The number of aryl methyl sites for hydroxylation is 2. The number of rotatable bonds is 3. The van der Waals surface area contributed by atoms with Gasteiger partial charge in [-0.05, 0) is 31.5 Å². The predicted molar refractivity (Wildman–Crippen MR) is 82.3 cm³/mol. The largest absolute Gasteiger partial charge is 0.348 e. The quantitative estimate of drug-likeness (QED) is 0.801. The van der Waals surface area contributed by atoms with Crippen molar-refractivity contribution in [3.8, 4) is 0 Å². The standard InChI is InChI=1S/C17H17N3O/c1-12-5-7-14(8-6-12)10-18-17(21)15-4-3-9-20-11-13(2)19-16(15)20/h3-9,11H,10H2,1-2H3,(H,18,21). The maximum absolute atomic E-state index is 12.3. The third kappa shape index (κ3) is 2.79. The second-order valence-electron chi connectivity index (χ2n) is 5.20. The smallest absolute Gasteiger partial charge is 0.255 e. The van der Waals surface area contributed by atoms with Gasteiger partial charge in [0.05, 0.1) is 11.3 Å². The van der Waals surface area contributed by atoms with Crippen LogP contribution in [0.5, 0.6) is 0 Å². The Kier molecular flexibility index (Phi) is 3.44. The lowest BCUT2D eigenvalue weighted by molar-refractivity contribution is 0.0952. The number of nitrogens with zero attached hydrogens (tertiary/aromatic N) is 2. The van der Waals surface area contributed by atoms with Gasteiger partial charge < -0.3 is 9.72 Å². The first-order valence-electron chi connectivity index (χ1n) is 6.91. The molecule has 1 aromatic carbocycles. The number of carbonyl (C=O) groups excluding carboxylic acids is 1. The number of aromatic nitrogens is 2. The monoisotopic (exact) mass is 279 g/mol. The lowest BCUT2D eigenvalue weighted by Crippen LogP contribution is -2.23. The van der Waals surface area contributed by atoms with E-state index in [1.807, 2.05) is 61.0 Å². The van der Waals surface area contributed by atoms with Crippen LogP contribution in [0.25, 0.3) is 5.65 Å². The summed E-state index contributed by atoms with van der Waals surface area (Å²) in [6, 6.07) is 11.8. The Hall–Kier alpha value is -2.62. The van der Waals surface area contributed by atoms with Gasteiger partial charge in [-0.25, -0.2) is 4.98 Å². The van der Waals surface area contributed by atoms with E-state index in [1.54, 1.807) is 6.07 Å². The summed E-state index contributed by atoms with van der Waals surface area (Å²) in [6.07, 6.45) is 3.80. The first-order chi connectivity index (χ1) is 10.1. The molecule has 106 valence electrons. The van der Waals surface area contributed by atoms with E-state index < -0.39 is 0 Å². The molecular formula is C17H17N3O. The number of hydrogen-bond acceptors (Lipinski definition) is 2. The van der Waals surface area contributed by atoms with Crippen LogP contribution < -0.4 is 5.32 Å². The Morgan fingerprint density at radius 3 is 2.71 bits per heavy atom. The molecule has 4 nitrogen and oxygen atoms in total. The van der Waals surface area contributed by atoms with Gasteiger partial charge in [-0.2, -0.15) is 0 Å². The molecule has 0 unspecified atom stereocenters. The van der Waals surface area contributed by atoms with E-state index in [2.05, 4.69) is 10.3 Å². The number of carbonyl (C=O) groups is 1. The van der Waals surface area contributed by atoms with E-state index in [-0.39, 0.29) is 5.91 Å². The Morgan fingerprint density at radius 2 is 1.95 bits per heavy atom. The Morgan fingerprint density at radius 1 is 1.19 bits per heavy atom. The topological polar surface area (TPSA) is 46.4 Å². The number of nitrogens with one attached hydrogen (secondary N) is 1. The minimum atomic E-state index is -0.105. The molecule has 1 N–H and O–H groups in total. The molecule has 0 fully saturated rings. The molecular weight excluding hydrogens is 262 g/mol. The van der Waals surface area contributed by atoms with E-state index >= 15 is 0 Å². The van der Waals surface area contributed by atoms with Crippen molar-refractivity contribution in [2.24, 2.45) is 0 Å².